The van der Waals surface area contributed by atoms with Crippen LogP contribution in [0.1, 0.15) is 0 Å². The van der Waals surface area contributed by atoms with Crippen LogP contribution in [-0.2, 0) is 0 Å². The number of thiophene rings is 1. The van der Waals surface area contributed by atoms with Crippen molar-refractivity contribution in [2.24, 2.45) is 0 Å². The summed E-state index contributed by atoms with van der Waals surface area (Å²) in [6, 6.07) is 86.2. The lowest BCUT2D eigenvalue weighted by Gasteiger charge is -2.28. The van der Waals surface area contributed by atoms with E-state index in [4.69, 9.17) is 0 Å². The molecule has 282 valence electrons. The van der Waals surface area contributed by atoms with Crippen LogP contribution in [-0.4, -0.2) is 0 Å². The van der Waals surface area contributed by atoms with Crippen LogP contribution in [0.5, 0.6) is 0 Å². The van der Waals surface area contributed by atoms with E-state index in [1.54, 1.807) is 0 Å². The third-order valence-corrected chi connectivity index (χ3v) is 12.8. The zero-order chi connectivity index (χ0) is 39.8. The molecule has 11 rings (SSSR count). The Hall–Kier alpha value is -7.52. The number of para-hydroxylation sites is 1. The maximum atomic E-state index is 2.43. The van der Waals surface area contributed by atoms with E-state index in [1.807, 2.05) is 11.3 Å². The van der Waals surface area contributed by atoms with Crippen LogP contribution >= 0.6 is 11.3 Å². The first kappa shape index (κ1) is 35.6. The molecular weight excluding hydrogens is 743 g/mol. The fourth-order valence-corrected chi connectivity index (χ4v) is 9.91. The average Bonchev–Trinajstić information content (AvgIpc) is 3.72. The number of hydrogen-bond acceptors (Lipinski definition) is 2. The second-order valence-electron chi connectivity index (χ2n) is 15.3. The Morgan fingerprint density at radius 2 is 0.750 bits per heavy atom. The van der Waals surface area contributed by atoms with E-state index < -0.39 is 0 Å². The van der Waals surface area contributed by atoms with Crippen molar-refractivity contribution in [1.29, 1.82) is 0 Å². The molecule has 0 bridgehead atoms. The predicted octanol–water partition coefficient (Wildman–Crippen LogP) is 17.0. The van der Waals surface area contributed by atoms with Gasteiger partial charge in [0.15, 0.2) is 0 Å². The molecule has 0 spiro atoms. The van der Waals surface area contributed by atoms with Gasteiger partial charge in [0.2, 0.25) is 0 Å². The Balaban J connectivity index is 1.06. The van der Waals surface area contributed by atoms with Crippen LogP contribution in [0, 0.1) is 0 Å². The Kier molecular flexibility index (Phi) is 9.11. The summed E-state index contributed by atoms with van der Waals surface area (Å²) >= 11 is 1.86. The maximum Gasteiger partial charge on any atom is 0.0540 e. The number of benzene rings is 10. The van der Waals surface area contributed by atoms with Gasteiger partial charge in [-0.25, -0.2) is 0 Å². The summed E-state index contributed by atoms with van der Waals surface area (Å²) in [6.45, 7) is 0. The van der Waals surface area contributed by atoms with Crippen LogP contribution in [0.2, 0.25) is 0 Å². The highest BCUT2D eigenvalue weighted by atomic mass is 32.1. The highest BCUT2D eigenvalue weighted by Gasteiger charge is 2.20. The van der Waals surface area contributed by atoms with E-state index in [0.29, 0.717) is 0 Å². The van der Waals surface area contributed by atoms with E-state index in [1.165, 1.54) is 86.6 Å². The Morgan fingerprint density at radius 1 is 0.283 bits per heavy atom. The summed E-state index contributed by atoms with van der Waals surface area (Å²) in [7, 11) is 0. The summed E-state index contributed by atoms with van der Waals surface area (Å²) in [4.78, 5) is 2.43. The maximum absolute atomic E-state index is 2.43. The molecule has 1 heterocycles. The first-order chi connectivity index (χ1) is 29.7. The zero-order valence-electron chi connectivity index (χ0n) is 32.9. The molecule has 1 nitrogen and oxygen atoms in total. The summed E-state index contributed by atoms with van der Waals surface area (Å²) in [6.07, 6.45) is 0. The summed E-state index contributed by atoms with van der Waals surface area (Å²) in [5, 5.41) is 5.11. The quantitative estimate of drug-likeness (QED) is 0.148. The molecule has 1 aromatic heterocycles. The SMILES string of the molecule is c1ccc(-c2cc(-c3ccccc3)cc(-c3ccc(N(c4ccc(-c5cccc6ccccc56)cc4)c4ccccc4-c4cccc5sc6ccccc6c45)cc3)c2)cc1. The molecular formula is C58H39NS. The lowest BCUT2D eigenvalue weighted by atomic mass is 9.93. The van der Waals surface area contributed by atoms with Crippen molar-refractivity contribution in [1.82, 2.24) is 0 Å². The van der Waals surface area contributed by atoms with Crippen molar-refractivity contribution >= 4 is 59.3 Å². The van der Waals surface area contributed by atoms with E-state index in [0.717, 1.165) is 17.1 Å². The van der Waals surface area contributed by atoms with E-state index in [9.17, 15) is 0 Å². The molecule has 0 aliphatic rings. The van der Waals surface area contributed by atoms with Gasteiger partial charge >= 0.3 is 0 Å². The monoisotopic (exact) mass is 781 g/mol. The Labute approximate surface area is 354 Å². The fraction of sp³-hybridized carbons (Fsp3) is 0. The lowest BCUT2D eigenvalue weighted by Crippen LogP contribution is -2.11. The van der Waals surface area contributed by atoms with Crippen LogP contribution in [0.4, 0.5) is 17.1 Å². The number of fused-ring (bicyclic) bond motifs is 4. The molecule has 0 amide bonds. The highest BCUT2D eigenvalue weighted by molar-refractivity contribution is 7.25. The number of rotatable bonds is 8. The highest BCUT2D eigenvalue weighted by Crippen LogP contribution is 2.46. The molecule has 0 radical (unpaired) electrons. The predicted molar refractivity (Wildman–Crippen MR) is 259 cm³/mol. The molecule has 0 aliphatic carbocycles. The van der Waals surface area contributed by atoms with Gasteiger partial charge in [0.1, 0.15) is 0 Å². The van der Waals surface area contributed by atoms with Gasteiger partial charge in [0.05, 0.1) is 5.69 Å². The third kappa shape index (κ3) is 6.54. The van der Waals surface area contributed by atoms with E-state index >= 15 is 0 Å². The lowest BCUT2D eigenvalue weighted by molar-refractivity contribution is 1.28. The number of anilines is 3. The summed E-state index contributed by atoms with van der Waals surface area (Å²) in [5.74, 6) is 0. The van der Waals surface area contributed by atoms with Gasteiger partial charge < -0.3 is 4.90 Å². The molecule has 0 aliphatic heterocycles. The minimum Gasteiger partial charge on any atom is -0.310 e. The van der Waals surface area contributed by atoms with Crippen molar-refractivity contribution in [3.8, 4) is 55.6 Å². The number of hydrogen-bond donors (Lipinski definition) is 0. The molecule has 0 unspecified atom stereocenters. The average molecular weight is 782 g/mol. The van der Waals surface area contributed by atoms with E-state index in [-0.39, 0.29) is 0 Å². The van der Waals surface area contributed by atoms with Gasteiger partial charge in [-0.15, -0.1) is 11.3 Å². The van der Waals surface area contributed by atoms with Crippen molar-refractivity contribution in [3.63, 3.8) is 0 Å². The van der Waals surface area contributed by atoms with Gasteiger partial charge in [-0.1, -0.05) is 176 Å². The fourth-order valence-electron chi connectivity index (χ4n) is 8.78. The van der Waals surface area contributed by atoms with Crippen molar-refractivity contribution < 1.29 is 0 Å². The second-order valence-corrected chi connectivity index (χ2v) is 16.4. The van der Waals surface area contributed by atoms with E-state index in [2.05, 4.69) is 241 Å². The summed E-state index contributed by atoms with van der Waals surface area (Å²) in [5.41, 5.74) is 15.3. The van der Waals surface area contributed by atoms with Gasteiger partial charge in [-0.3, -0.25) is 0 Å². The molecule has 2 heteroatoms. The van der Waals surface area contributed by atoms with Crippen molar-refractivity contribution in [2.75, 3.05) is 4.90 Å². The number of nitrogens with zero attached hydrogens (tertiary/aromatic N) is 1. The molecule has 10 aromatic carbocycles. The standard InChI is InChI=1S/C58H39NS/c1-3-15-40(16-4-1)45-37-46(41-17-5-2-6-18-41)39-47(38-45)42-29-33-48(34-30-42)59(49-35-31-44(32-36-49)51-24-13-20-43-19-7-8-21-50(43)51)55-26-11-9-22-52(55)53-25-14-28-57-58(53)54-23-10-12-27-56(54)60-57/h1-39H. The first-order valence-corrected chi connectivity index (χ1v) is 21.3. The topological polar surface area (TPSA) is 3.24 Å². The van der Waals surface area contributed by atoms with Gasteiger partial charge in [0, 0.05) is 37.1 Å². The first-order valence-electron chi connectivity index (χ1n) is 20.5. The molecule has 0 saturated carbocycles. The molecule has 0 N–H and O–H groups in total. The molecule has 11 aromatic rings. The molecule has 0 fully saturated rings. The largest absolute Gasteiger partial charge is 0.310 e. The van der Waals surface area contributed by atoms with Crippen LogP contribution in [0.3, 0.4) is 0 Å². The van der Waals surface area contributed by atoms with Crippen LogP contribution in [0.25, 0.3) is 86.6 Å². The second kappa shape index (κ2) is 15.3. The minimum absolute atomic E-state index is 1.09. The normalized spacial score (nSPS) is 11.3. The third-order valence-electron chi connectivity index (χ3n) is 11.7. The van der Waals surface area contributed by atoms with Gasteiger partial charge in [0.25, 0.3) is 0 Å². The van der Waals surface area contributed by atoms with Crippen molar-refractivity contribution in [2.45, 2.75) is 0 Å². The van der Waals surface area contributed by atoms with Crippen LogP contribution < -0.4 is 4.90 Å². The Morgan fingerprint density at radius 3 is 1.43 bits per heavy atom. The molecule has 60 heavy (non-hydrogen) atoms. The van der Waals surface area contributed by atoms with Gasteiger partial charge in [-0.2, -0.15) is 0 Å². The molecule has 0 saturated heterocycles. The zero-order valence-corrected chi connectivity index (χ0v) is 33.7. The smallest absolute Gasteiger partial charge is 0.0540 e. The minimum atomic E-state index is 1.09. The van der Waals surface area contributed by atoms with Crippen LogP contribution in [0.15, 0.2) is 237 Å². The van der Waals surface area contributed by atoms with Crippen molar-refractivity contribution in [3.05, 3.63) is 237 Å². The molecule has 0 atom stereocenters. The Bertz CT molecular complexity index is 3230. The summed E-state index contributed by atoms with van der Waals surface area (Å²) < 4.78 is 2.60. The van der Waals surface area contributed by atoms with Gasteiger partial charge in [-0.05, 0) is 122 Å².